The molecule has 0 rings (SSSR count). The van der Waals surface area contributed by atoms with Crippen LogP contribution in [0.3, 0.4) is 0 Å². The van der Waals surface area contributed by atoms with Crippen molar-refractivity contribution in [3.05, 3.63) is 0 Å². The molecular formula is H2ClNaO4. The largest absolute Gasteiger partial charge is 1.00 e. The van der Waals surface area contributed by atoms with Crippen molar-refractivity contribution in [1.29, 1.82) is 0 Å². The molecule has 0 aliphatic rings. The maximum absolute atomic E-state index is 8.24. The van der Waals surface area contributed by atoms with E-state index in [1.807, 2.05) is 0 Å². The zero-order valence-corrected chi connectivity index (χ0v) is 5.84. The number of hydrogen-bond donors (Lipinski definition) is 2. The van der Waals surface area contributed by atoms with Crippen LogP contribution in [-0.4, -0.2) is 10.5 Å². The van der Waals surface area contributed by atoms with Crippen LogP contribution >= 0.6 is 0 Å². The molecule has 6 heteroatoms. The molecule has 0 aliphatic heterocycles. The van der Waals surface area contributed by atoms with Crippen LogP contribution < -0.4 is 38.9 Å². The van der Waals surface area contributed by atoms with Crippen molar-refractivity contribution < 1.29 is 60.7 Å². The van der Waals surface area contributed by atoms with Crippen LogP contribution in [0.1, 0.15) is 0 Å². The molecule has 0 spiro atoms. The smallest absolute Gasteiger partial charge is 0.544 e. The Hall–Kier alpha value is 1.13. The van der Waals surface area contributed by atoms with E-state index >= 15 is 0 Å². The molecule has 0 heterocycles. The molecule has 2 N–H and O–H groups in total. The molecule has 4 nitrogen and oxygen atoms in total. The predicted molar refractivity (Wildman–Crippen MR) is 5.26 cm³/mol. The van der Waals surface area contributed by atoms with Crippen molar-refractivity contribution in [3.8, 4) is 0 Å². The normalized spacial score (nSPS) is 4.00. The van der Waals surface area contributed by atoms with E-state index in [4.69, 9.17) is 19.8 Å². The first-order valence-corrected chi connectivity index (χ1v) is 1.13. The Morgan fingerprint density at radius 3 is 1.17 bits per heavy atom. The van der Waals surface area contributed by atoms with Gasteiger partial charge in [0.05, 0.1) is 11.3 Å². The molecule has 34 valence electrons. The van der Waals surface area contributed by atoms with Crippen LogP contribution in [0.2, 0.25) is 0 Å². The van der Waals surface area contributed by atoms with Gasteiger partial charge in [-0.15, -0.1) is 0 Å². The third-order valence-electron chi connectivity index (χ3n) is 0. The Labute approximate surface area is 60.7 Å². The molecule has 0 aromatic carbocycles. The molecule has 0 saturated heterocycles. The maximum Gasteiger partial charge on any atom is 1.00 e. The minimum absolute atomic E-state index is 0. The Bertz CT molecular complexity index is 7.51. The molecule has 6 heavy (non-hydrogen) atoms. The average molecular weight is 124 g/mol. The van der Waals surface area contributed by atoms with Gasteiger partial charge in [0.1, 0.15) is 0 Å². The van der Waals surface area contributed by atoms with E-state index in [0.717, 1.165) is 0 Å². The standard InChI is InChI=1S/ClO2.Na.H2O2/c2-1-3;;1-2/h;;1-2H/q-1;+1;. The molecule has 0 aromatic rings. The van der Waals surface area contributed by atoms with E-state index in [1.165, 1.54) is 0 Å². The van der Waals surface area contributed by atoms with Gasteiger partial charge in [-0.2, -0.15) is 0 Å². The van der Waals surface area contributed by atoms with Gasteiger partial charge < -0.3 is 9.32 Å². The number of rotatable bonds is 0. The summed E-state index contributed by atoms with van der Waals surface area (Å²) in [7, 11) is 0. The van der Waals surface area contributed by atoms with E-state index in [-0.39, 0.29) is 29.6 Å². The van der Waals surface area contributed by atoms with Gasteiger partial charge >= 0.3 is 29.6 Å². The Kier molecular flexibility index (Phi) is 93.1. The maximum atomic E-state index is 8.24. The minimum atomic E-state index is -0.417. The fourth-order valence-corrected chi connectivity index (χ4v) is 0. The van der Waals surface area contributed by atoms with Gasteiger partial charge in [-0.3, -0.25) is 10.5 Å². The quantitative estimate of drug-likeness (QED) is 0.192. The SMILES string of the molecule is OO.[Na+].[O-][Cl+][O-]. The molecule has 0 amide bonds. The summed E-state index contributed by atoms with van der Waals surface area (Å²) in [5.74, 6) is 0. The van der Waals surface area contributed by atoms with Crippen molar-refractivity contribution in [2.24, 2.45) is 0 Å². The fraction of sp³-hybridized carbons (Fsp3) is 0. The summed E-state index contributed by atoms with van der Waals surface area (Å²) in [6, 6.07) is 0. The summed E-state index contributed by atoms with van der Waals surface area (Å²) in [6.07, 6.45) is 0. The summed E-state index contributed by atoms with van der Waals surface area (Å²) >= 11 is -0.417. The Morgan fingerprint density at radius 2 is 1.17 bits per heavy atom. The van der Waals surface area contributed by atoms with Crippen LogP contribution in [0.25, 0.3) is 0 Å². The van der Waals surface area contributed by atoms with E-state index in [2.05, 4.69) is 0 Å². The van der Waals surface area contributed by atoms with E-state index in [9.17, 15) is 0 Å². The molecular weight excluding hydrogens is 122 g/mol. The topological polar surface area (TPSA) is 86.6 Å². The molecule has 0 radical (unpaired) electrons. The summed E-state index contributed by atoms with van der Waals surface area (Å²) in [6.45, 7) is 0. The summed E-state index contributed by atoms with van der Waals surface area (Å²) in [5.41, 5.74) is 0. The van der Waals surface area contributed by atoms with Crippen molar-refractivity contribution in [2.75, 3.05) is 0 Å². The molecule has 0 atom stereocenters. The fourth-order valence-electron chi connectivity index (χ4n) is 0. The van der Waals surface area contributed by atoms with Crippen molar-refractivity contribution >= 4 is 0 Å². The molecule has 0 aliphatic carbocycles. The second kappa shape index (κ2) is 35.6. The second-order valence-corrected chi connectivity index (χ2v) is 0.189. The van der Waals surface area contributed by atoms with E-state index in [0.29, 0.717) is 0 Å². The Balaban J connectivity index is -0.0000000275. The van der Waals surface area contributed by atoms with Gasteiger partial charge in [-0.25, -0.2) is 0 Å². The van der Waals surface area contributed by atoms with Crippen molar-refractivity contribution in [2.45, 2.75) is 0 Å². The minimum Gasteiger partial charge on any atom is -0.544 e. The molecule has 0 fully saturated rings. The van der Waals surface area contributed by atoms with Crippen LogP contribution in [0, 0.1) is 11.3 Å². The van der Waals surface area contributed by atoms with Crippen molar-refractivity contribution in [3.63, 3.8) is 0 Å². The number of hydrogen-bond acceptors (Lipinski definition) is 4. The van der Waals surface area contributed by atoms with Gasteiger partial charge in [0, 0.05) is 0 Å². The zero-order chi connectivity index (χ0) is 4.71. The monoisotopic (exact) mass is 124 g/mol. The van der Waals surface area contributed by atoms with Gasteiger partial charge in [0.2, 0.25) is 0 Å². The molecule has 0 aromatic heterocycles. The molecule has 0 saturated carbocycles. The third kappa shape index (κ3) is 68.5. The first-order chi connectivity index (χ1) is 2.41. The summed E-state index contributed by atoms with van der Waals surface area (Å²) in [5, 5.41) is 12.0. The second-order valence-electron chi connectivity index (χ2n) is 0.0630. The van der Waals surface area contributed by atoms with Gasteiger partial charge in [0.25, 0.3) is 0 Å². The van der Waals surface area contributed by atoms with Crippen LogP contribution in [0.4, 0.5) is 0 Å². The van der Waals surface area contributed by atoms with E-state index in [1.54, 1.807) is 0 Å². The summed E-state index contributed by atoms with van der Waals surface area (Å²) in [4.78, 5) is 0. The van der Waals surface area contributed by atoms with Gasteiger partial charge in [0.15, 0.2) is 0 Å². The molecule has 0 unspecified atom stereocenters. The van der Waals surface area contributed by atoms with Crippen LogP contribution in [0.15, 0.2) is 0 Å². The number of halogens is 1. The molecule has 0 bridgehead atoms. The predicted octanol–water partition coefficient (Wildman–Crippen LogP) is -5.36. The zero-order valence-electron chi connectivity index (χ0n) is 3.09. The van der Waals surface area contributed by atoms with E-state index < -0.39 is 11.3 Å². The Morgan fingerprint density at radius 1 is 1.17 bits per heavy atom. The van der Waals surface area contributed by atoms with Crippen LogP contribution in [0.5, 0.6) is 0 Å². The van der Waals surface area contributed by atoms with Gasteiger partial charge in [-0.05, 0) is 0 Å². The van der Waals surface area contributed by atoms with Crippen LogP contribution in [-0.2, 0) is 0 Å². The van der Waals surface area contributed by atoms with Crippen molar-refractivity contribution in [1.82, 2.24) is 0 Å². The first kappa shape index (κ1) is 15.7. The van der Waals surface area contributed by atoms with Gasteiger partial charge in [-0.1, -0.05) is 0 Å². The third-order valence-corrected chi connectivity index (χ3v) is 0. The summed E-state index contributed by atoms with van der Waals surface area (Å²) < 4.78 is 16.5. The average Bonchev–Trinajstić information content (AvgIpc) is 1.46. The first-order valence-electron chi connectivity index (χ1n) is 0.509.